The molecule has 1 atom stereocenters. The number of carbonyl (C=O) groups excluding carboxylic acids is 2. The maximum Gasteiger partial charge on any atom is 0.273 e. The van der Waals surface area contributed by atoms with Gasteiger partial charge in [-0.05, 0) is 18.9 Å². The van der Waals surface area contributed by atoms with E-state index in [2.05, 4.69) is 5.32 Å². The lowest BCUT2D eigenvalue weighted by atomic mass is 10.1. The largest absolute Gasteiger partial charge is 0.494 e. The summed E-state index contributed by atoms with van der Waals surface area (Å²) < 4.78 is 5.13. The van der Waals surface area contributed by atoms with Gasteiger partial charge in [0, 0.05) is 25.1 Å². The van der Waals surface area contributed by atoms with Crippen molar-refractivity contribution in [2.75, 3.05) is 19.0 Å². The number of methoxy groups -OCH3 is 1. The molecule has 1 heterocycles. The second kappa shape index (κ2) is 7.08. The topological polar surface area (TPSA) is 102 Å². The first-order valence-electron chi connectivity index (χ1n) is 8.42. The minimum atomic E-state index is -0.525. The number of amides is 2. The molecule has 1 aliphatic carbocycles. The summed E-state index contributed by atoms with van der Waals surface area (Å²) in [4.78, 5) is 36.9. The van der Waals surface area contributed by atoms with E-state index in [0.29, 0.717) is 12.2 Å². The number of benzene rings is 1. The number of anilines is 1. The van der Waals surface area contributed by atoms with E-state index in [-0.39, 0.29) is 35.7 Å². The van der Waals surface area contributed by atoms with Crippen molar-refractivity contribution in [3.63, 3.8) is 0 Å². The Kier molecular flexibility index (Phi) is 4.87. The number of non-ortho nitro benzene ring substituents is 1. The molecule has 1 aromatic carbocycles. The zero-order valence-electron chi connectivity index (χ0n) is 14.1. The SMILES string of the molecule is COc1cc([N+](=O)[O-])ccc1NC(=O)[C@H]1CC(=O)N(C2CCCC2)C1. The number of carbonyl (C=O) groups is 2. The molecule has 0 aromatic heterocycles. The molecule has 3 rings (SSSR count). The molecule has 134 valence electrons. The van der Waals surface area contributed by atoms with Crippen LogP contribution in [-0.2, 0) is 9.59 Å². The van der Waals surface area contributed by atoms with E-state index in [1.165, 1.54) is 25.3 Å². The van der Waals surface area contributed by atoms with Crippen molar-refractivity contribution in [2.24, 2.45) is 5.92 Å². The number of hydrogen-bond donors (Lipinski definition) is 1. The van der Waals surface area contributed by atoms with Gasteiger partial charge in [0.05, 0.1) is 29.7 Å². The molecular weight excluding hydrogens is 326 g/mol. The van der Waals surface area contributed by atoms with Crippen LogP contribution in [0.2, 0.25) is 0 Å². The molecule has 2 amide bonds. The average Bonchev–Trinajstić information content (AvgIpc) is 3.24. The molecule has 0 spiro atoms. The van der Waals surface area contributed by atoms with Crippen molar-refractivity contribution in [1.29, 1.82) is 0 Å². The summed E-state index contributed by atoms with van der Waals surface area (Å²) in [6, 6.07) is 4.28. The number of ether oxygens (including phenoxy) is 1. The summed E-state index contributed by atoms with van der Waals surface area (Å²) in [6.07, 6.45) is 4.49. The van der Waals surface area contributed by atoms with E-state index >= 15 is 0 Å². The minimum Gasteiger partial charge on any atom is -0.494 e. The maximum atomic E-state index is 12.5. The first-order chi connectivity index (χ1) is 12.0. The number of hydrogen-bond acceptors (Lipinski definition) is 5. The summed E-state index contributed by atoms with van der Waals surface area (Å²) in [5.41, 5.74) is 0.253. The Morgan fingerprint density at radius 3 is 2.72 bits per heavy atom. The van der Waals surface area contributed by atoms with Gasteiger partial charge in [0.2, 0.25) is 11.8 Å². The fourth-order valence-corrected chi connectivity index (χ4v) is 3.61. The molecular formula is C17H21N3O5. The number of likely N-dealkylation sites (tertiary alicyclic amines) is 1. The number of rotatable bonds is 5. The molecule has 25 heavy (non-hydrogen) atoms. The van der Waals surface area contributed by atoms with Gasteiger partial charge in [-0.25, -0.2) is 0 Å². The molecule has 2 fully saturated rings. The Bertz CT molecular complexity index is 700. The van der Waals surface area contributed by atoms with Crippen LogP contribution in [-0.4, -0.2) is 41.3 Å². The van der Waals surface area contributed by atoms with Gasteiger partial charge in [0.25, 0.3) is 5.69 Å². The first-order valence-corrected chi connectivity index (χ1v) is 8.42. The van der Waals surface area contributed by atoms with Crippen LogP contribution >= 0.6 is 0 Å². The van der Waals surface area contributed by atoms with Crippen LogP contribution in [0.15, 0.2) is 18.2 Å². The maximum absolute atomic E-state index is 12.5. The van der Waals surface area contributed by atoms with Crippen molar-refractivity contribution in [1.82, 2.24) is 4.90 Å². The molecule has 1 N–H and O–H groups in total. The summed E-state index contributed by atoms with van der Waals surface area (Å²) in [7, 11) is 1.38. The van der Waals surface area contributed by atoms with Gasteiger partial charge in [-0.3, -0.25) is 19.7 Å². The molecule has 0 bridgehead atoms. The quantitative estimate of drug-likeness (QED) is 0.650. The Balaban J connectivity index is 1.68. The number of nitrogens with one attached hydrogen (secondary N) is 1. The molecule has 8 heteroatoms. The van der Waals surface area contributed by atoms with Crippen LogP contribution in [0.25, 0.3) is 0 Å². The third-order valence-electron chi connectivity index (χ3n) is 4.95. The van der Waals surface area contributed by atoms with E-state index < -0.39 is 10.8 Å². The van der Waals surface area contributed by atoms with Gasteiger partial charge in [-0.15, -0.1) is 0 Å². The number of nitrogens with zero attached hydrogens (tertiary/aromatic N) is 2. The summed E-state index contributed by atoms with van der Waals surface area (Å²) in [5.74, 6) is -0.420. The van der Waals surface area contributed by atoms with E-state index in [0.717, 1.165) is 25.7 Å². The van der Waals surface area contributed by atoms with E-state index in [9.17, 15) is 19.7 Å². The van der Waals surface area contributed by atoms with E-state index in [1.807, 2.05) is 4.90 Å². The Morgan fingerprint density at radius 2 is 2.08 bits per heavy atom. The monoisotopic (exact) mass is 347 g/mol. The normalized spacial score (nSPS) is 20.8. The van der Waals surface area contributed by atoms with Gasteiger partial charge in [-0.2, -0.15) is 0 Å². The highest BCUT2D eigenvalue weighted by Gasteiger charge is 2.38. The van der Waals surface area contributed by atoms with Crippen LogP contribution in [0.5, 0.6) is 5.75 Å². The van der Waals surface area contributed by atoms with Gasteiger partial charge < -0.3 is 15.0 Å². The molecule has 2 aliphatic rings. The van der Waals surface area contributed by atoms with Crippen LogP contribution in [0.1, 0.15) is 32.1 Å². The van der Waals surface area contributed by atoms with Crippen molar-refractivity contribution < 1.29 is 19.2 Å². The molecule has 1 aromatic rings. The third-order valence-corrected chi connectivity index (χ3v) is 4.95. The molecule has 8 nitrogen and oxygen atoms in total. The highest BCUT2D eigenvalue weighted by atomic mass is 16.6. The predicted octanol–water partition coefficient (Wildman–Crippen LogP) is 2.33. The van der Waals surface area contributed by atoms with Gasteiger partial charge in [-0.1, -0.05) is 12.8 Å². The predicted molar refractivity (Wildman–Crippen MR) is 90.4 cm³/mol. The molecule has 1 aliphatic heterocycles. The van der Waals surface area contributed by atoms with Crippen LogP contribution in [0, 0.1) is 16.0 Å². The smallest absolute Gasteiger partial charge is 0.273 e. The molecule has 0 unspecified atom stereocenters. The minimum absolute atomic E-state index is 0.0303. The molecule has 0 radical (unpaired) electrons. The molecule has 1 saturated carbocycles. The van der Waals surface area contributed by atoms with Crippen LogP contribution < -0.4 is 10.1 Å². The highest BCUT2D eigenvalue weighted by Crippen LogP contribution is 2.32. The fraction of sp³-hybridized carbons (Fsp3) is 0.529. The van der Waals surface area contributed by atoms with Crippen molar-refractivity contribution >= 4 is 23.2 Å². The summed E-state index contributed by atoms with van der Waals surface area (Å²) in [6.45, 7) is 0.435. The van der Waals surface area contributed by atoms with Gasteiger partial charge in [0.15, 0.2) is 0 Å². The lowest BCUT2D eigenvalue weighted by Gasteiger charge is -2.23. The summed E-state index contributed by atoms with van der Waals surface area (Å²) in [5, 5.41) is 13.6. The van der Waals surface area contributed by atoms with Gasteiger partial charge in [0.1, 0.15) is 5.75 Å². The Hall–Kier alpha value is -2.64. The standard InChI is InChI=1S/C17H21N3O5/c1-25-15-9-13(20(23)24)6-7-14(15)18-17(22)11-8-16(21)19(10-11)12-4-2-3-5-12/h6-7,9,11-12H,2-5,8,10H2,1H3,(H,18,22)/t11-/m0/s1. The van der Waals surface area contributed by atoms with Crippen LogP contribution in [0.3, 0.4) is 0 Å². The fourth-order valence-electron chi connectivity index (χ4n) is 3.61. The number of nitro groups is 1. The number of nitro benzene ring substituents is 1. The lowest BCUT2D eigenvalue weighted by Crippen LogP contribution is -2.35. The highest BCUT2D eigenvalue weighted by molar-refractivity contribution is 5.98. The van der Waals surface area contributed by atoms with E-state index in [1.54, 1.807) is 0 Å². The van der Waals surface area contributed by atoms with Crippen molar-refractivity contribution in [3.05, 3.63) is 28.3 Å². The second-order valence-corrected chi connectivity index (χ2v) is 6.52. The molecule has 1 saturated heterocycles. The second-order valence-electron chi connectivity index (χ2n) is 6.52. The average molecular weight is 347 g/mol. The zero-order chi connectivity index (χ0) is 18.0. The van der Waals surface area contributed by atoms with E-state index in [4.69, 9.17) is 4.74 Å². The van der Waals surface area contributed by atoms with Crippen molar-refractivity contribution in [2.45, 2.75) is 38.1 Å². The zero-order valence-corrected chi connectivity index (χ0v) is 14.1. The first kappa shape index (κ1) is 17.2. The van der Waals surface area contributed by atoms with Crippen molar-refractivity contribution in [3.8, 4) is 5.75 Å². The third kappa shape index (κ3) is 3.57. The Morgan fingerprint density at radius 1 is 1.36 bits per heavy atom. The lowest BCUT2D eigenvalue weighted by molar-refractivity contribution is -0.384. The Labute approximate surface area is 145 Å². The van der Waals surface area contributed by atoms with Crippen LogP contribution in [0.4, 0.5) is 11.4 Å². The van der Waals surface area contributed by atoms with Gasteiger partial charge >= 0.3 is 0 Å². The summed E-state index contributed by atoms with van der Waals surface area (Å²) >= 11 is 0.